The van der Waals surface area contributed by atoms with Crippen LogP contribution in [0.4, 0.5) is 0 Å². The average molecular weight is 677 g/mol. The van der Waals surface area contributed by atoms with Crippen LogP contribution in [0.15, 0.2) is 12.7 Å². The summed E-state index contributed by atoms with van der Waals surface area (Å²) in [6, 6.07) is 0. The number of rotatable bonds is 14. The molecule has 0 amide bonds. The highest BCUT2D eigenvalue weighted by molar-refractivity contribution is 5.69. The molecule has 0 aromatic rings. The standard InChI is InChI=1S/C29H40O18/c1-9-10-37-28-26(43-18(7)35)25(42-17(6)34)23(21(45-28)12-39-14(3)31)47-29-27(44-19(8)36)24(41-16(5)33)22(40-15(4)32)20(46-29)11-38-13(2)30/h9,20-29H,1,10-12H2,2-8H3/t20-,21-,22+,23-,24+,25+,26-,27-,28+,29+/m1/s1. The van der Waals surface area contributed by atoms with Crippen molar-refractivity contribution in [3.05, 3.63) is 12.7 Å². The molecule has 2 heterocycles. The summed E-state index contributed by atoms with van der Waals surface area (Å²) in [6.45, 7) is 9.85. The molecule has 0 aromatic heterocycles. The van der Waals surface area contributed by atoms with Gasteiger partial charge in [-0.05, 0) is 0 Å². The molecule has 0 unspecified atom stereocenters. The van der Waals surface area contributed by atoms with E-state index in [1.165, 1.54) is 6.08 Å². The number of hydrogen-bond donors (Lipinski definition) is 0. The molecule has 0 aromatic carbocycles. The maximum absolute atomic E-state index is 12.3. The molecule has 18 heteroatoms. The van der Waals surface area contributed by atoms with Crippen molar-refractivity contribution >= 4 is 41.8 Å². The second-order valence-corrected chi connectivity index (χ2v) is 10.3. The third-order valence-electron chi connectivity index (χ3n) is 6.26. The molecule has 2 saturated heterocycles. The van der Waals surface area contributed by atoms with Gasteiger partial charge in [-0.15, -0.1) is 6.58 Å². The van der Waals surface area contributed by atoms with Crippen molar-refractivity contribution in [2.75, 3.05) is 19.8 Å². The minimum atomic E-state index is -1.77. The average Bonchev–Trinajstić information content (AvgIpc) is 2.94. The molecule has 264 valence electrons. The predicted octanol–water partition coefficient (Wildman–Crippen LogP) is -0.191. The third kappa shape index (κ3) is 12.2. The van der Waals surface area contributed by atoms with E-state index in [2.05, 4.69) is 6.58 Å². The Bertz CT molecular complexity index is 1170. The van der Waals surface area contributed by atoms with Crippen LogP contribution in [0.25, 0.3) is 0 Å². The first-order valence-corrected chi connectivity index (χ1v) is 14.4. The Morgan fingerprint density at radius 2 is 0.872 bits per heavy atom. The van der Waals surface area contributed by atoms with Gasteiger partial charge in [-0.3, -0.25) is 33.6 Å². The first kappa shape index (κ1) is 39.1. The fraction of sp³-hybridized carbons (Fsp3) is 0.690. The molecular weight excluding hydrogens is 636 g/mol. The van der Waals surface area contributed by atoms with E-state index in [1.54, 1.807) is 0 Å². The zero-order valence-corrected chi connectivity index (χ0v) is 27.0. The first-order chi connectivity index (χ1) is 22.0. The molecule has 47 heavy (non-hydrogen) atoms. The highest BCUT2D eigenvalue weighted by Gasteiger charge is 2.57. The van der Waals surface area contributed by atoms with Gasteiger partial charge in [0.25, 0.3) is 0 Å². The lowest BCUT2D eigenvalue weighted by molar-refractivity contribution is -0.360. The van der Waals surface area contributed by atoms with Gasteiger partial charge < -0.3 is 52.1 Å². The van der Waals surface area contributed by atoms with Gasteiger partial charge in [-0.2, -0.15) is 0 Å². The minimum Gasteiger partial charge on any atom is -0.463 e. The maximum atomic E-state index is 12.3. The highest BCUT2D eigenvalue weighted by Crippen LogP contribution is 2.35. The van der Waals surface area contributed by atoms with Crippen molar-refractivity contribution in [2.45, 2.75) is 110 Å². The molecule has 18 nitrogen and oxygen atoms in total. The largest absolute Gasteiger partial charge is 0.463 e. The van der Waals surface area contributed by atoms with Crippen LogP contribution in [-0.4, -0.2) is 123 Å². The lowest BCUT2D eigenvalue weighted by Gasteiger charge is -2.48. The molecule has 2 aliphatic rings. The molecule has 0 bridgehead atoms. The Morgan fingerprint density at radius 3 is 1.30 bits per heavy atom. The lowest BCUT2D eigenvalue weighted by atomic mass is 9.96. The summed E-state index contributed by atoms with van der Waals surface area (Å²) >= 11 is 0. The summed E-state index contributed by atoms with van der Waals surface area (Å²) in [5, 5.41) is 0. The number of carbonyl (C=O) groups is 7. The normalized spacial score (nSPS) is 30.1. The van der Waals surface area contributed by atoms with E-state index in [0.717, 1.165) is 48.5 Å². The van der Waals surface area contributed by atoms with Crippen molar-refractivity contribution in [3.63, 3.8) is 0 Å². The van der Waals surface area contributed by atoms with E-state index < -0.39 is 116 Å². The summed E-state index contributed by atoms with van der Waals surface area (Å²) in [5.74, 6) is -5.81. The molecule has 2 fully saturated rings. The van der Waals surface area contributed by atoms with E-state index in [1.807, 2.05) is 0 Å². The van der Waals surface area contributed by atoms with Crippen LogP contribution < -0.4 is 0 Å². The zero-order valence-electron chi connectivity index (χ0n) is 27.0. The Kier molecular flexibility index (Phi) is 15.2. The van der Waals surface area contributed by atoms with Crippen LogP contribution in [0.2, 0.25) is 0 Å². The number of esters is 7. The Balaban J connectivity index is 2.72. The summed E-state index contributed by atoms with van der Waals surface area (Å²) in [5.41, 5.74) is 0. The van der Waals surface area contributed by atoms with Crippen molar-refractivity contribution in [1.29, 1.82) is 0 Å². The van der Waals surface area contributed by atoms with Crippen molar-refractivity contribution in [2.24, 2.45) is 0 Å². The van der Waals surface area contributed by atoms with Gasteiger partial charge in [0, 0.05) is 48.5 Å². The predicted molar refractivity (Wildman–Crippen MR) is 149 cm³/mol. The van der Waals surface area contributed by atoms with E-state index in [9.17, 15) is 33.6 Å². The summed E-state index contributed by atoms with van der Waals surface area (Å²) in [6.07, 6.45) is -13.9. The fourth-order valence-corrected chi connectivity index (χ4v) is 4.77. The topological polar surface area (TPSA) is 221 Å². The fourth-order valence-electron chi connectivity index (χ4n) is 4.77. The van der Waals surface area contributed by atoms with Crippen molar-refractivity contribution < 1.29 is 85.7 Å². The summed E-state index contributed by atoms with van der Waals surface area (Å²) < 4.78 is 61.3. The summed E-state index contributed by atoms with van der Waals surface area (Å²) in [7, 11) is 0. The quantitative estimate of drug-likeness (QED) is 0.132. The maximum Gasteiger partial charge on any atom is 0.303 e. The molecule has 0 radical (unpaired) electrons. The van der Waals surface area contributed by atoms with Gasteiger partial charge in [0.15, 0.2) is 43.1 Å². The van der Waals surface area contributed by atoms with Gasteiger partial charge >= 0.3 is 41.8 Å². The molecular formula is C29H40O18. The van der Waals surface area contributed by atoms with Crippen LogP contribution in [-0.2, 0) is 85.7 Å². The molecule has 0 aliphatic carbocycles. The van der Waals surface area contributed by atoms with E-state index in [0.29, 0.717) is 0 Å². The first-order valence-electron chi connectivity index (χ1n) is 14.4. The van der Waals surface area contributed by atoms with Gasteiger partial charge in [-0.1, -0.05) is 6.08 Å². The van der Waals surface area contributed by atoms with Crippen LogP contribution in [0.5, 0.6) is 0 Å². The van der Waals surface area contributed by atoms with Gasteiger partial charge in [-0.25, -0.2) is 0 Å². The van der Waals surface area contributed by atoms with Gasteiger partial charge in [0.2, 0.25) is 0 Å². The van der Waals surface area contributed by atoms with Crippen molar-refractivity contribution in [3.8, 4) is 0 Å². The Morgan fingerprint density at radius 1 is 0.511 bits per heavy atom. The zero-order chi connectivity index (χ0) is 35.4. The van der Waals surface area contributed by atoms with E-state index >= 15 is 0 Å². The monoisotopic (exact) mass is 676 g/mol. The molecule has 2 rings (SSSR count). The SMILES string of the molecule is C=CCO[C@H]1O[C@H](COC(C)=O)[C@@H](O[C@@H]2O[C@H](COC(C)=O)[C@H](OC(C)=O)[C@H](OC(C)=O)[C@H]2OC(C)=O)[C@H](OC(C)=O)[C@H]1OC(C)=O. The molecule has 0 saturated carbocycles. The Hall–Kier alpha value is -4.13. The molecule has 0 spiro atoms. The van der Waals surface area contributed by atoms with Crippen LogP contribution in [0, 0.1) is 0 Å². The second kappa shape index (κ2) is 18.3. The van der Waals surface area contributed by atoms with Crippen molar-refractivity contribution in [1.82, 2.24) is 0 Å². The van der Waals surface area contributed by atoms with Crippen LogP contribution in [0.1, 0.15) is 48.5 Å². The number of carbonyl (C=O) groups excluding carboxylic acids is 7. The van der Waals surface area contributed by atoms with E-state index in [4.69, 9.17) is 52.1 Å². The summed E-state index contributed by atoms with van der Waals surface area (Å²) in [4.78, 5) is 84.6. The highest BCUT2D eigenvalue weighted by atomic mass is 16.8. The van der Waals surface area contributed by atoms with Gasteiger partial charge in [0.1, 0.15) is 31.5 Å². The Labute approximate surface area is 270 Å². The van der Waals surface area contributed by atoms with E-state index in [-0.39, 0.29) is 6.61 Å². The lowest BCUT2D eigenvalue weighted by Crippen LogP contribution is -2.67. The third-order valence-corrected chi connectivity index (χ3v) is 6.26. The second-order valence-electron chi connectivity index (χ2n) is 10.3. The van der Waals surface area contributed by atoms with Crippen LogP contribution >= 0.6 is 0 Å². The molecule has 2 aliphatic heterocycles. The van der Waals surface area contributed by atoms with Gasteiger partial charge in [0.05, 0.1) is 6.61 Å². The minimum absolute atomic E-state index is 0.110. The molecule has 10 atom stereocenters. The molecule has 0 N–H and O–H groups in total. The number of ether oxygens (including phenoxy) is 11. The smallest absolute Gasteiger partial charge is 0.303 e. The number of hydrogen-bond acceptors (Lipinski definition) is 18. The van der Waals surface area contributed by atoms with Crippen LogP contribution in [0.3, 0.4) is 0 Å².